The van der Waals surface area contributed by atoms with Crippen LogP contribution in [0.5, 0.6) is 5.75 Å². The molecule has 0 aliphatic carbocycles. The number of aromatic nitrogens is 2. The molecule has 0 aliphatic rings. The van der Waals surface area contributed by atoms with Gasteiger partial charge in [0.05, 0.1) is 12.7 Å². The second-order valence-electron chi connectivity index (χ2n) is 6.33. The lowest BCUT2D eigenvalue weighted by Crippen LogP contribution is -2.21. The number of hydrogen-bond acceptors (Lipinski definition) is 6. The van der Waals surface area contributed by atoms with E-state index >= 15 is 0 Å². The largest absolute Gasteiger partial charge is 0.497 e. The van der Waals surface area contributed by atoms with Crippen molar-refractivity contribution in [3.8, 4) is 5.75 Å². The van der Waals surface area contributed by atoms with Crippen LogP contribution in [-0.2, 0) is 0 Å². The van der Waals surface area contributed by atoms with E-state index in [1.807, 2.05) is 48.5 Å². The minimum absolute atomic E-state index is 0.256. The summed E-state index contributed by atoms with van der Waals surface area (Å²) in [6.45, 7) is 6.11. The predicted molar refractivity (Wildman–Crippen MR) is 116 cm³/mol. The van der Waals surface area contributed by atoms with Crippen LogP contribution in [0.3, 0.4) is 0 Å². The number of anilines is 4. The zero-order chi connectivity index (χ0) is 20.6. The second kappa shape index (κ2) is 9.54. The summed E-state index contributed by atoms with van der Waals surface area (Å²) in [6.07, 6.45) is 2.99. The van der Waals surface area contributed by atoms with Crippen LogP contribution in [0.25, 0.3) is 0 Å². The standard InChI is InChI=1S/C22H25N5O2/c1-4-27(5-2)19-11-9-17(10-12-19)25-21(28)16-14-23-22(24-15-16)26-18-7-6-8-20(13-18)29-3/h6-15H,4-5H2,1-3H3,(H,25,28)(H,23,24,26). The normalized spacial score (nSPS) is 10.3. The summed E-state index contributed by atoms with van der Waals surface area (Å²) in [6, 6.07) is 15.2. The lowest BCUT2D eigenvalue weighted by molar-refractivity contribution is 0.102. The molecule has 0 saturated carbocycles. The Morgan fingerprint density at radius 2 is 1.69 bits per heavy atom. The Kier molecular flexibility index (Phi) is 6.63. The zero-order valence-corrected chi connectivity index (χ0v) is 16.8. The van der Waals surface area contributed by atoms with Crippen LogP contribution in [0.1, 0.15) is 24.2 Å². The Hall–Kier alpha value is -3.61. The van der Waals surface area contributed by atoms with Crippen LogP contribution < -0.4 is 20.3 Å². The number of methoxy groups -OCH3 is 1. The van der Waals surface area contributed by atoms with Crippen LogP contribution in [0.2, 0.25) is 0 Å². The van der Waals surface area contributed by atoms with E-state index in [0.29, 0.717) is 11.5 Å². The third-order valence-electron chi connectivity index (χ3n) is 4.49. The Labute approximate surface area is 170 Å². The highest BCUT2D eigenvalue weighted by atomic mass is 16.5. The second-order valence-corrected chi connectivity index (χ2v) is 6.33. The van der Waals surface area contributed by atoms with E-state index in [4.69, 9.17) is 4.74 Å². The number of rotatable bonds is 8. The predicted octanol–water partition coefficient (Wildman–Crippen LogP) is 4.33. The fraction of sp³-hybridized carbons (Fsp3) is 0.227. The first kappa shape index (κ1) is 20.1. The summed E-state index contributed by atoms with van der Waals surface area (Å²) in [4.78, 5) is 23.1. The van der Waals surface area contributed by atoms with E-state index < -0.39 is 0 Å². The van der Waals surface area contributed by atoms with E-state index in [0.717, 1.165) is 35.9 Å². The molecule has 1 amide bonds. The van der Waals surface area contributed by atoms with Gasteiger partial charge in [0, 0.05) is 48.6 Å². The summed E-state index contributed by atoms with van der Waals surface area (Å²) in [5.74, 6) is 0.880. The van der Waals surface area contributed by atoms with E-state index in [9.17, 15) is 4.79 Å². The van der Waals surface area contributed by atoms with Crippen LogP contribution in [0.4, 0.5) is 23.0 Å². The fourth-order valence-electron chi connectivity index (χ4n) is 2.89. The Morgan fingerprint density at radius 1 is 1.00 bits per heavy atom. The quantitative estimate of drug-likeness (QED) is 0.595. The molecule has 0 spiro atoms. The van der Waals surface area contributed by atoms with Crippen LogP contribution >= 0.6 is 0 Å². The molecule has 0 aliphatic heterocycles. The van der Waals surface area contributed by atoms with E-state index in [1.54, 1.807) is 7.11 Å². The van der Waals surface area contributed by atoms with Crippen molar-refractivity contribution in [2.45, 2.75) is 13.8 Å². The maximum Gasteiger partial charge on any atom is 0.258 e. The molecule has 3 rings (SSSR count). The van der Waals surface area contributed by atoms with Crippen molar-refractivity contribution in [2.24, 2.45) is 0 Å². The molecule has 150 valence electrons. The molecule has 3 aromatic rings. The molecular weight excluding hydrogens is 366 g/mol. The molecule has 2 aromatic carbocycles. The maximum absolute atomic E-state index is 12.5. The van der Waals surface area contributed by atoms with Gasteiger partial charge in [0.15, 0.2) is 0 Å². The maximum atomic E-state index is 12.5. The van der Waals surface area contributed by atoms with E-state index in [-0.39, 0.29) is 5.91 Å². The third-order valence-corrected chi connectivity index (χ3v) is 4.49. The minimum Gasteiger partial charge on any atom is -0.497 e. The molecule has 1 heterocycles. The van der Waals surface area contributed by atoms with E-state index in [2.05, 4.69) is 39.3 Å². The average molecular weight is 391 g/mol. The number of carbonyl (C=O) groups is 1. The molecule has 0 saturated heterocycles. The molecule has 1 aromatic heterocycles. The number of benzene rings is 2. The first-order valence-electron chi connectivity index (χ1n) is 9.52. The molecule has 7 nitrogen and oxygen atoms in total. The zero-order valence-electron chi connectivity index (χ0n) is 16.8. The van der Waals surface area contributed by atoms with Crippen LogP contribution in [0, 0.1) is 0 Å². The van der Waals surface area contributed by atoms with Crippen LogP contribution in [0.15, 0.2) is 60.9 Å². The molecular formula is C22H25N5O2. The molecule has 29 heavy (non-hydrogen) atoms. The molecule has 7 heteroatoms. The number of ether oxygens (including phenoxy) is 1. The van der Waals surface area contributed by atoms with Crippen molar-refractivity contribution in [2.75, 3.05) is 35.7 Å². The highest BCUT2D eigenvalue weighted by molar-refractivity contribution is 6.04. The summed E-state index contributed by atoms with van der Waals surface area (Å²) in [5.41, 5.74) is 3.04. The van der Waals surface area contributed by atoms with Crippen molar-refractivity contribution < 1.29 is 9.53 Å². The van der Waals surface area contributed by atoms with Crippen LogP contribution in [-0.4, -0.2) is 36.1 Å². The Morgan fingerprint density at radius 3 is 2.31 bits per heavy atom. The molecule has 0 fully saturated rings. The van der Waals surface area contributed by atoms with Gasteiger partial charge in [-0.1, -0.05) is 6.07 Å². The van der Waals surface area contributed by atoms with Crippen molar-refractivity contribution in [3.05, 3.63) is 66.5 Å². The SMILES string of the molecule is CCN(CC)c1ccc(NC(=O)c2cnc(Nc3cccc(OC)c3)nc2)cc1. The van der Waals surface area contributed by atoms with E-state index in [1.165, 1.54) is 12.4 Å². The molecule has 0 radical (unpaired) electrons. The van der Waals surface area contributed by atoms with Gasteiger partial charge in [-0.05, 0) is 50.2 Å². The van der Waals surface area contributed by atoms with Crippen molar-refractivity contribution in [3.63, 3.8) is 0 Å². The number of carbonyl (C=O) groups excluding carboxylic acids is 1. The molecule has 2 N–H and O–H groups in total. The monoisotopic (exact) mass is 391 g/mol. The van der Waals surface area contributed by atoms with Crippen molar-refractivity contribution >= 4 is 28.9 Å². The van der Waals surface area contributed by atoms with Gasteiger partial charge in [0.2, 0.25) is 5.95 Å². The summed E-state index contributed by atoms with van der Waals surface area (Å²) >= 11 is 0. The number of nitrogens with zero attached hydrogens (tertiary/aromatic N) is 3. The first-order valence-corrected chi connectivity index (χ1v) is 9.52. The van der Waals surface area contributed by atoms with Gasteiger partial charge in [0.25, 0.3) is 5.91 Å². The summed E-state index contributed by atoms with van der Waals surface area (Å²) < 4.78 is 5.20. The first-order chi connectivity index (χ1) is 14.1. The fourth-order valence-corrected chi connectivity index (χ4v) is 2.89. The van der Waals surface area contributed by atoms with Crippen molar-refractivity contribution in [1.29, 1.82) is 0 Å². The molecule has 0 unspecified atom stereocenters. The van der Waals surface area contributed by atoms with Crippen molar-refractivity contribution in [1.82, 2.24) is 9.97 Å². The third kappa shape index (κ3) is 5.22. The van der Waals surface area contributed by atoms with Gasteiger partial charge in [-0.2, -0.15) is 0 Å². The molecule has 0 atom stereocenters. The topological polar surface area (TPSA) is 79.4 Å². The lowest BCUT2D eigenvalue weighted by Gasteiger charge is -2.21. The van der Waals surface area contributed by atoms with Gasteiger partial charge in [-0.3, -0.25) is 4.79 Å². The summed E-state index contributed by atoms with van der Waals surface area (Å²) in [7, 11) is 1.61. The van der Waals surface area contributed by atoms with Gasteiger partial charge >= 0.3 is 0 Å². The Balaban J connectivity index is 1.62. The smallest absolute Gasteiger partial charge is 0.258 e. The Bertz CT molecular complexity index is 938. The highest BCUT2D eigenvalue weighted by Gasteiger charge is 2.09. The summed E-state index contributed by atoms with van der Waals surface area (Å²) in [5, 5.41) is 5.95. The number of hydrogen-bond donors (Lipinski definition) is 2. The van der Waals surface area contributed by atoms with Gasteiger partial charge in [0.1, 0.15) is 5.75 Å². The highest BCUT2D eigenvalue weighted by Crippen LogP contribution is 2.20. The van der Waals surface area contributed by atoms with Gasteiger partial charge in [-0.25, -0.2) is 9.97 Å². The average Bonchev–Trinajstić information content (AvgIpc) is 2.76. The molecule has 0 bridgehead atoms. The van der Waals surface area contributed by atoms with Gasteiger partial charge in [-0.15, -0.1) is 0 Å². The number of amides is 1. The number of nitrogens with one attached hydrogen (secondary N) is 2. The minimum atomic E-state index is -0.256. The van der Waals surface area contributed by atoms with Gasteiger partial charge < -0.3 is 20.3 Å². The lowest BCUT2D eigenvalue weighted by atomic mass is 10.2.